The molecule has 0 radical (unpaired) electrons. The first-order valence-corrected chi connectivity index (χ1v) is 7.43. The molecule has 1 aromatic rings. The molecule has 0 aliphatic carbocycles. The van der Waals surface area contributed by atoms with Gasteiger partial charge in [0.05, 0.1) is 4.47 Å². The maximum atomic E-state index is 10.2. The summed E-state index contributed by atoms with van der Waals surface area (Å²) in [6.07, 6.45) is 0.959. The van der Waals surface area contributed by atoms with E-state index in [1.54, 1.807) is 6.07 Å². The van der Waals surface area contributed by atoms with Crippen LogP contribution in [0, 0.1) is 0 Å². The van der Waals surface area contributed by atoms with Gasteiger partial charge in [0, 0.05) is 42.8 Å². The largest absolute Gasteiger partial charge is 0.506 e. The van der Waals surface area contributed by atoms with Crippen molar-refractivity contribution < 1.29 is 5.11 Å². The summed E-state index contributed by atoms with van der Waals surface area (Å²) >= 11 is 9.44. The molecule has 1 fully saturated rings. The zero-order valence-electron chi connectivity index (χ0n) is 10.4. The van der Waals surface area contributed by atoms with Gasteiger partial charge >= 0.3 is 0 Å². The van der Waals surface area contributed by atoms with Crippen LogP contribution in [0.1, 0.15) is 24.9 Å². The van der Waals surface area contributed by atoms with E-state index < -0.39 is 0 Å². The third-order valence-corrected chi connectivity index (χ3v) is 4.22. The minimum absolute atomic E-state index is 0.224. The molecule has 3 nitrogen and oxygen atoms in total. The molecule has 0 saturated carbocycles. The van der Waals surface area contributed by atoms with E-state index in [2.05, 4.69) is 33.1 Å². The highest BCUT2D eigenvalue weighted by molar-refractivity contribution is 9.10. The lowest BCUT2D eigenvalue weighted by Crippen LogP contribution is -2.45. The van der Waals surface area contributed by atoms with Crippen LogP contribution in [-0.2, 0) is 0 Å². The average Bonchev–Trinajstić information content (AvgIpc) is 2.37. The number of hydrogen-bond acceptors (Lipinski definition) is 3. The summed E-state index contributed by atoms with van der Waals surface area (Å²) < 4.78 is 0.665. The van der Waals surface area contributed by atoms with Gasteiger partial charge in [0.25, 0.3) is 0 Å². The molecule has 0 spiro atoms. The molecule has 100 valence electrons. The van der Waals surface area contributed by atoms with E-state index in [0.29, 0.717) is 15.2 Å². The van der Waals surface area contributed by atoms with Crippen molar-refractivity contribution in [2.75, 3.05) is 26.2 Å². The molecule has 18 heavy (non-hydrogen) atoms. The van der Waals surface area contributed by atoms with Crippen LogP contribution in [0.2, 0.25) is 5.02 Å². The highest BCUT2D eigenvalue weighted by Crippen LogP contribution is 2.38. The first-order chi connectivity index (χ1) is 8.63. The molecule has 0 bridgehead atoms. The van der Waals surface area contributed by atoms with Crippen LogP contribution in [0.5, 0.6) is 5.75 Å². The minimum Gasteiger partial charge on any atom is -0.506 e. The molecule has 1 aromatic carbocycles. The highest BCUT2D eigenvalue weighted by atomic mass is 79.9. The molecule has 0 unspecified atom stereocenters. The Kier molecular flexibility index (Phi) is 4.90. The van der Waals surface area contributed by atoms with Crippen LogP contribution in [0.15, 0.2) is 16.6 Å². The molecule has 2 rings (SSSR count). The van der Waals surface area contributed by atoms with Crippen LogP contribution >= 0.6 is 27.5 Å². The molecule has 1 atom stereocenters. The Morgan fingerprint density at radius 3 is 2.72 bits per heavy atom. The van der Waals surface area contributed by atoms with Crippen LogP contribution in [0.4, 0.5) is 0 Å². The fourth-order valence-corrected chi connectivity index (χ4v) is 3.34. The molecule has 1 aliphatic heterocycles. The number of rotatable bonds is 3. The van der Waals surface area contributed by atoms with Gasteiger partial charge in [0.15, 0.2) is 0 Å². The Morgan fingerprint density at radius 1 is 1.44 bits per heavy atom. The van der Waals surface area contributed by atoms with Gasteiger partial charge in [-0.05, 0) is 34.5 Å². The van der Waals surface area contributed by atoms with Gasteiger partial charge in [-0.1, -0.05) is 18.5 Å². The quantitative estimate of drug-likeness (QED) is 0.892. The Bertz CT molecular complexity index is 422. The van der Waals surface area contributed by atoms with E-state index in [1.165, 1.54) is 0 Å². The second-order valence-corrected chi connectivity index (χ2v) is 5.83. The first kappa shape index (κ1) is 14.1. The number of halogens is 2. The Morgan fingerprint density at radius 2 is 2.11 bits per heavy atom. The maximum absolute atomic E-state index is 10.2. The molecular formula is C13H18BrClN2O. The fraction of sp³-hybridized carbons (Fsp3) is 0.538. The zero-order valence-corrected chi connectivity index (χ0v) is 12.8. The van der Waals surface area contributed by atoms with Gasteiger partial charge in [0.2, 0.25) is 0 Å². The first-order valence-electron chi connectivity index (χ1n) is 6.26. The Balaban J connectivity index is 2.31. The standard InChI is InChI=1S/C13H18BrClN2O/c1-2-12(17-5-3-16-4-6-17)10-7-9(15)8-11(14)13(10)18/h7-8,12,16,18H,2-6H2,1H3/t12-/m1/s1. The smallest absolute Gasteiger partial charge is 0.134 e. The topological polar surface area (TPSA) is 35.5 Å². The molecule has 0 aromatic heterocycles. The van der Waals surface area contributed by atoms with Gasteiger partial charge in [-0.25, -0.2) is 0 Å². The summed E-state index contributed by atoms with van der Waals surface area (Å²) in [5, 5.41) is 14.2. The third-order valence-electron chi connectivity index (χ3n) is 3.40. The lowest BCUT2D eigenvalue weighted by Gasteiger charge is -2.35. The number of hydrogen-bond donors (Lipinski definition) is 2. The van der Waals surface area contributed by atoms with E-state index >= 15 is 0 Å². The molecule has 0 amide bonds. The van der Waals surface area contributed by atoms with Crippen LogP contribution in [-0.4, -0.2) is 36.2 Å². The average molecular weight is 334 g/mol. The van der Waals surface area contributed by atoms with Crippen molar-refractivity contribution in [1.29, 1.82) is 0 Å². The SMILES string of the molecule is CC[C@H](c1cc(Cl)cc(Br)c1O)N1CCNCC1. The van der Waals surface area contributed by atoms with Crippen molar-refractivity contribution in [3.8, 4) is 5.75 Å². The van der Waals surface area contributed by atoms with Gasteiger partial charge in [-0.2, -0.15) is 0 Å². The molecule has 1 heterocycles. The normalized spacial score (nSPS) is 18.8. The summed E-state index contributed by atoms with van der Waals surface area (Å²) in [6, 6.07) is 3.82. The Labute approximate surface area is 121 Å². The summed E-state index contributed by atoms with van der Waals surface area (Å²) in [7, 11) is 0. The Hall–Kier alpha value is -0.290. The summed E-state index contributed by atoms with van der Waals surface area (Å²) in [6.45, 7) is 6.14. The summed E-state index contributed by atoms with van der Waals surface area (Å²) in [5.41, 5.74) is 0.916. The number of phenols is 1. The zero-order chi connectivity index (χ0) is 13.1. The monoisotopic (exact) mass is 332 g/mol. The fourth-order valence-electron chi connectivity index (χ4n) is 2.51. The number of aromatic hydroxyl groups is 1. The van der Waals surface area contributed by atoms with E-state index in [1.807, 2.05) is 6.07 Å². The second kappa shape index (κ2) is 6.24. The van der Waals surface area contributed by atoms with Gasteiger partial charge < -0.3 is 10.4 Å². The van der Waals surface area contributed by atoms with E-state index in [-0.39, 0.29) is 6.04 Å². The third kappa shape index (κ3) is 2.99. The number of benzene rings is 1. The second-order valence-electron chi connectivity index (χ2n) is 4.54. The van der Waals surface area contributed by atoms with Crippen molar-refractivity contribution in [3.63, 3.8) is 0 Å². The van der Waals surface area contributed by atoms with E-state index in [4.69, 9.17) is 11.6 Å². The lowest BCUT2D eigenvalue weighted by atomic mass is 10.0. The maximum Gasteiger partial charge on any atom is 0.134 e. The molecule has 2 N–H and O–H groups in total. The van der Waals surface area contributed by atoms with Crippen LogP contribution in [0.3, 0.4) is 0 Å². The predicted molar refractivity (Wildman–Crippen MR) is 78.3 cm³/mol. The minimum atomic E-state index is 0.224. The molecule has 1 saturated heterocycles. The van der Waals surface area contributed by atoms with Crippen molar-refractivity contribution >= 4 is 27.5 Å². The highest BCUT2D eigenvalue weighted by Gasteiger charge is 2.24. The predicted octanol–water partition coefficient (Wildman–Crippen LogP) is 3.16. The molecular weight excluding hydrogens is 316 g/mol. The van der Waals surface area contributed by atoms with Crippen molar-refractivity contribution in [2.24, 2.45) is 0 Å². The molecule has 1 aliphatic rings. The van der Waals surface area contributed by atoms with Crippen LogP contribution < -0.4 is 5.32 Å². The summed E-state index contributed by atoms with van der Waals surface area (Å²) in [5.74, 6) is 0.310. The summed E-state index contributed by atoms with van der Waals surface area (Å²) in [4.78, 5) is 2.40. The van der Waals surface area contributed by atoms with E-state index in [9.17, 15) is 5.11 Å². The molecule has 5 heteroatoms. The van der Waals surface area contributed by atoms with Crippen molar-refractivity contribution in [3.05, 3.63) is 27.2 Å². The number of nitrogens with one attached hydrogen (secondary N) is 1. The number of nitrogens with zero attached hydrogens (tertiary/aromatic N) is 1. The van der Waals surface area contributed by atoms with Crippen molar-refractivity contribution in [1.82, 2.24) is 10.2 Å². The number of phenolic OH excluding ortho intramolecular Hbond substituents is 1. The lowest BCUT2D eigenvalue weighted by molar-refractivity contribution is 0.167. The van der Waals surface area contributed by atoms with Crippen LogP contribution in [0.25, 0.3) is 0 Å². The van der Waals surface area contributed by atoms with E-state index in [0.717, 1.165) is 38.2 Å². The number of piperazine rings is 1. The van der Waals surface area contributed by atoms with Crippen molar-refractivity contribution in [2.45, 2.75) is 19.4 Å². The van der Waals surface area contributed by atoms with Gasteiger partial charge in [-0.15, -0.1) is 0 Å². The van der Waals surface area contributed by atoms with Gasteiger partial charge in [-0.3, -0.25) is 4.90 Å². The van der Waals surface area contributed by atoms with Gasteiger partial charge in [0.1, 0.15) is 5.75 Å².